The first-order valence-corrected chi connectivity index (χ1v) is 8.48. The summed E-state index contributed by atoms with van der Waals surface area (Å²) < 4.78 is 0. The second-order valence-corrected chi connectivity index (χ2v) is 6.09. The number of aliphatic hydroxyl groups excluding tert-OH is 1. The molecular weight excluding hydrogens is 326 g/mol. The van der Waals surface area contributed by atoms with E-state index >= 15 is 0 Å². The molecule has 0 fully saturated rings. The minimum absolute atomic E-state index is 0.584. The third-order valence-corrected chi connectivity index (χ3v) is 4.18. The lowest BCUT2D eigenvalue weighted by Crippen LogP contribution is -2.04. The second kappa shape index (κ2) is 6.93. The van der Waals surface area contributed by atoms with Crippen molar-refractivity contribution in [2.24, 2.45) is 0 Å². The number of H-pyrrole nitrogens is 1. The van der Waals surface area contributed by atoms with Crippen molar-refractivity contribution in [2.45, 2.75) is 19.6 Å². The van der Waals surface area contributed by atoms with Crippen LogP contribution in [0.15, 0.2) is 60.9 Å². The molecule has 26 heavy (non-hydrogen) atoms. The Morgan fingerprint density at radius 1 is 1.12 bits per heavy atom. The van der Waals surface area contributed by atoms with Crippen LogP contribution < -0.4 is 5.32 Å². The average molecular weight is 345 g/mol. The molecule has 0 radical (unpaired) electrons. The van der Waals surface area contributed by atoms with E-state index in [0.29, 0.717) is 12.2 Å². The number of aromatic amines is 1. The van der Waals surface area contributed by atoms with Crippen molar-refractivity contribution in [3.63, 3.8) is 0 Å². The lowest BCUT2D eigenvalue weighted by molar-refractivity contribution is 0.194. The van der Waals surface area contributed by atoms with Crippen molar-refractivity contribution in [3.05, 3.63) is 72.3 Å². The predicted octanol–water partition coefficient (Wildman–Crippen LogP) is 3.69. The maximum atomic E-state index is 9.83. The van der Waals surface area contributed by atoms with Gasteiger partial charge < -0.3 is 15.4 Å². The molecule has 1 atom stereocenters. The Kier molecular flexibility index (Phi) is 4.33. The summed E-state index contributed by atoms with van der Waals surface area (Å²) in [4.78, 5) is 16.7. The third kappa shape index (κ3) is 3.27. The average Bonchev–Trinajstić information content (AvgIpc) is 3.15. The minimum Gasteiger partial charge on any atom is -0.387 e. The van der Waals surface area contributed by atoms with E-state index in [1.807, 2.05) is 54.7 Å². The zero-order valence-electron chi connectivity index (χ0n) is 14.3. The maximum absolute atomic E-state index is 9.83. The Morgan fingerprint density at radius 3 is 2.85 bits per heavy atom. The van der Waals surface area contributed by atoms with E-state index in [4.69, 9.17) is 0 Å². The van der Waals surface area contributed by atoms with Gasteiger partial charge >= 0.3 is 0 Å². The number of fused-ring (bicyclic) bond motifs is 1. The summed E-state index contributed by atoms with van der Waals surface area (Å²) in [5.74, 6) is 0.741. The summed E-state index contributed by atoms with van der Waals surface area (Å²) >= 11 is 0. The molecule has 3 N–H and O–H groups in total. The van der Waals surface area contributed by atoms with Gasteiger partial charge in [-0.1, -0.05) is 12.1 Å². The van der Waals surface area contributed by atoms with Crippen LogP contribution in [-0.2, 0) is 6.54 Å². The van der Waals surface area contributed by atoms with Gasteiger partial charge in [-0.25, -0.2) is 4.98 Å². The molecule has 6 nitrogen and oxygen atoms in total. The first-order valence-electron chi connectivity index (χ1n) is 8.48. The van der Waals surface area contributed by atoms with Crippen molar-refractivity contribution in [3.8, 4) is 11.3 Å². The molecular formula is C20H19N5O. The normalized spacial score (nSPS) is 12.2. The number of aromatic nitrogens is 4. The predicted molar refractivity (Wildman–Crippen MR) is 102 cm³/mol. The van der Waals surface area contributed by atoms with Crippen LogP contribution in [0.5, 0.6) is 0 Å². The lowest BCUT2D eigenvalue weighted by Gasteiger charge is -2.11. The number of hydrogen-bond donors (Lipinski definition) is 3. The highest BCUT2D eigenvalue weighted by molar-refractivity contribution is 5.93. The van der Waals surface area contributed by atoms with Crippen molar-refractivity contribution in [2.75, 3.05) is 5.32 Å². The first-order chi connectivity index (χ1) is 12.7. The zero-order valence-corrected chi connectivity index (χ0v) is 14.3. The van der Waals surface area contributed by atoms with Gasteiger partial charge in [-0.15, -0.1) is 0 Å². The summed E-state index contributed by atoms with van der Waals surface area (Å²) in [6.07, 6.45) is 3.03. The molecule has 0 unspecified atom stereocenters. The van der Waals surface area contributed by atoms with E-state index in [-0.39, 0.29) is 0 Å². The standard InChI is InChI=1S/C20H19N5O/c1-13(26)17-6-4-7-18(24-17)16-11-19(25-20-15(16)8-10-22-20)23-12-14-5-2-3-9-21-14/h2-11,13,26H,12H2,1H3,(H2,22,23,25)/t13-/m0/s1. The molecule has 0 spiro atoms. The third-order valence-electron chi connectivity index (χ3n) is 4.18. The molecule has 0 aliphatic carbocycles. The fourth-order valence-corrected chi connectivity index (χ4v) is 2.86. The van der Waals surface area contributed by atoms with Gasteiger partial charge in [-0.3, -0.25) is 9.97 Å². The quantitative estimate of drug-likeness (QED) is 0.513. The molecule has 0 saturated heterocycles. The summed E-state index contributed by atoms with van der Waals surface area (Å²) in [7, 11) is 0. The largest absolute Gasteiger partial charge is 0.387 e. The fourth-order valence-electron chi connectivity index (χ4n) is 2.86. The summed E-state index contributed by atoms with van der Waals surface area (Å²) in [6.45, 7) is 2.30. The van der Waals surface area contributed by atoms with Gasteiger partial charge in [0.15, 0.2) is 0 Å². The molecule has 0 saturated carbocycles. The van der Waals surface area contributed by atoms with Gasteiger partial charge in [-0.2, -0.15) is 0 Å². The summed E-state index contributed by atoms with van der Waals surface area (Å²) in [6, 6.07) is 15.5. The molecule has 0 aliphatic heterocycles. The molecule has 0 bridgehead atoms. The number of pyridine rings is 3. The van der Waals surface area contributed by atoms with Gasteiger partial charge in [0.1, 0.15) is 11.5 Å². The van der Waals surface area contributed by atoms with Crippen molar-refractivity contribution in [1.29, 1.82) is 0 Å². The molecule has 0 amide bonds. The van der Waals surface area contributed by atoms with E-state index in [1.165, 1.54) is 0 Å². The van der Waals surface area contributed by atoms with Crippen LogP contribution in [0.2, 0.25) is 0 Å². The van der Waals surface area contributed by atoms with E-state index in [2.05, 4.69) is 25.3 Å². The topological polar surface area (TPSA) is 86.7 Å². The Bertz CT molecular complexity index is 1030. The number of aliphatic hydroxyl groups is 1. The lowest BCUT2D eigenvalue weighted by atomic mass is 10.1. The Hall–Kier alpha value is -3.25. The molecule has 130 valence electrons. The molecule has 0 aromatic carbocycles. The fraction of sp³-hybridized carbons (Fsp3) is 0.150. The van der Waals surface area contributed by atoms with Crippen LogP contribution >= 0.6 is 0 Å². The van der Waals surface area contributed by atoms with Crippen LogP contribution in [0.4, 0.5) is 5.82 Å². The molecule has 4 aromatic rings. The highest BCUT2D eigenvalue weighted by atomic mass is 16.3. The second-order valence-electron chi connectivity index (χ2n) is 6.09. The van der Waals surface area contributed by atoms with Gasteiger partial charge in [0, 0.05) is 23.3 Å². The van der Waals surface area contributed by atoms with Gasteiger partial charge in [-0.05, 0) is 43.3 Å². The van der Waals surface area contributed by atoms with Crippen LogP contribution in [-0.4, -0.2) is 25.0 Å². The Balaban J connectivity index is 1.72. The van der Waals surface area contributed by atoms with Gasteiger partial charge in [0.05, 0.1) is 29.7 Å². The van der Waals surface area contributed by atoms with Crippen molar-refractivity contribution < 1.29 is 5.11 Å². The maximum Gasteiger partial charge on any atom is 0.140 e. The van der Waals surface area contributed by atoms with E-state index in [9.17, 15) is 5.11 Å². The van der Waals surface area contributed by atoms with Crippen LogP contribution in [0, 0.1) is 0 Å². The summed E-state index contributed by atoms with van der Waals surface area (Å²) in [5.41, 5.74) is 4.14. The van der Waals surface area contributed by atoms with E-state index in [1.54, 1.807) is 13.1 Å². The number of rotatable bonds is 5. The first kappa shape index (κ1) is 16.2. The monoisotopic (exact) mass is 345 g/mol. The minimum atomic E-state index is -0.611. The number of hydrogen-bond acceptors (Lipinski definition) is 5. The van der Waals surface area contributed by atoms with Crippen molar-refractivity contribution in [1.82, 2.24) is 19.9 Å². The van der Waals surface area contributed by atoms with Crippen molar-refractivity contribution >= 4 is 16.9 Å². The van der Waals surface area contributed by atoms with Crippen LogP contribution in [0.1, 0.15) is 24.4 Å². The SMILES string of the molecule is C[C@H](O)c1cccc(-c2cc(NCc3ccccn3)nc3[nH]ccc23)n1. The number of anilines is 1. The molecule has 4 rings (SSSR count). The van der Waals surface area contributed by atoms with Gasteiger partial charge in [0.2, 0.25) is 0 Å². The molecule has 4 heterocycles. The zero-order chi connectivity index (χ0) is 17.9. The van der Waals surface area contributed by atoms with E-state index in [0.717, 1.165) is 33.8 Å². The summed E-state index contributed by atoms with van der Waals surface area (Å²) in [5, 5.41) is 14.1. The van der Waals surface area contributed by atoms with Crippen LogP contribution in [0.25, 0.3) is 22.3 Å². The Labute approximate surface area is 151 Å². The number of nitrogens with zero attached hydrogens (tertiary/aromatic N) is 3. The highest BCUT2D eigenvalue weighted by Gasteiger charge is 2.12. The molecule has 0 aliphatic rings. The highest BCUT2D eigenvalue weighted by Crippen LogP contribution is 2.29. The van der Waals surface area contributed by atoms with E-state index < -0.39 is 6.10 Å². The van der Waals surface area contributed by atoms with Gasteiger partial charge in [0.25, 0.3) is 0 Å². The number of nitrogens with one attached hydrogen (secondary N) is 2. The molecule has 4 aromatic heterocycles. The Morgan fingerprint density at radius 2 is 2.04 bits per heavy atom. The smallest absolute Gasteiger partial charge is 0.140 e. The molecule has 6 heteroatoms. The van der Waals surface area contributed by atoms with Crippen LogP contribution in [0.3, 0.4) is 0 Å².